The molecule has 4 nitrogen and oxygen atoms in total. The van der Waals surface area contributed by atoms with Gasteiger partial charge in [0.2, 0.25) is 0 Å². The van der Waals surface area contributed by atoms with Gasteiger partial charge in [0.15, 0.2) is 0 Å². The summed E-state index contributed by atoms with van der Waals surface area (Å²) in [4.78, 5) is 12.6. The molecule has 0 spiro atoms. The van der Waals surface area contributed by atoms with Crippen LogP contribution in [0.2, 0.25) is 0 Å². The molecule has 3 rings (SSSR count). The average Bonchev–Trinajstić information content (AvgIpc) is 2.56. The SMILES string of the molecule is Cc1ccc(C(=O)OC2(c3ccccc3)CCNCC2)c(O)c1. The minimum atomic E-state index is -0.638. The Morgan fingerprint density at radius 2 is 1.83 bits per heavy atom. The summed E-state index contributed by atoms with van der Waals surface area (Å²) in [6.45, 7) is 3.46. The zero-order valence-corrected chi connectivity index (χ0v) is 13.2. The van der Waals surface area contributed by atoms with Gasteiger partial charge >= 0.3 is 5.97 Å². The molecule has 0 saturated carbocycles. The number of aromatic hydroxyl groups is 1. The van der Waals surface area contributed by atoms with Crippen LogP contribution < -0.4 is 5.32 Å². The van der Waals surface area contributed by atoms with Crippen molar-refractivity contribution in [3.05, 3.63) is 65.2 Å². The third kappa shape index (κ3) is 3.22. The summed E-state index contributed by atoms with van der Waals surface area (Å²) in [5.41, 5.74) is 1.48. The van der Waals surface area contributed by atoms with Gasteiger partial charge in [-0.05, 0) is 43.3 Å². The zero-order chi connectivity index (χ0) is 16.3. The lowest BCUT2D eigenvalue weighted by molar-refractivity contribution is -0.0380. The van der Waals surface area contributed by atoms with Crippen LogP contribution in [0.5, 0.6) is 5.75 Å². The highest BCUT2D eigenvalue weighted by Crippen LogP contribution is 2.36. The van der Waals surface area contributed by atoms with Crippen molar-refractivity contribution in [3.63, 3.8) is 0 Å². The molecule has 2 aromatic rings. The van der Waals surface area contributed by atoms with E-state index >= 15 is 0 Å². The molecular weight excluding hydrogens is 290 g/mol. The van der Waals surface area contributed by atoms with Gasteiger partial charge in [-0.25, -0.2) is 4.79 Å². The third-order valence-corrected chi connectivity index (χ3v) is 4.37. The Bertz CT molecular complexity index is 691. The highest BCUT2D eigenvalue weighted by Gasteiger charge is 2.38. The number of carbonyl (C=O) groups excluding carboxylic acids is 1. The second-order valence-corrected chi connectivity index (χ2v) is 6.02. The van der Waals surface area contributed by atoms with Crippen molar-refractivity contribution in [3.8, 4) is 5.75 Å². The van der Waals surface area contributed by atoms with Crippen molar-refractivity contribution >= 4 is 5.97 Å². The Labute approximate surface area is 136 Å². The summed E-state index contributed by atoms with van der Waals surface area (Å²) in [7, 11) is 0. The van der Waals surface area contributed by atoms with Gasteiger partial charge in [-0.3, -0.25) is 0 Å². The van der Waals surface area contributed by atoms with Crippen LogP contribution in [0.3, 0.4) is 0 Å². The van der Waals surface area contributed by atoms with Gasteiger partial charge in [0, 0.05) is 12.8 Å². The average molecular weight is 311 g/mol. The van der Waals surface area contributed by atoms with Crippen LogP contribution in [0.1, 0.15) is 34.3 Å². The van der Waals surface area contributed by atoms with Crippen LogP contribution in [0.4, 0.5) is 0 Å². The van der Waals surface area contributed by atoms with E-state index in [1.54, 1.807) is 18.2 Å². The molecule has 1 aliphatic rings. The molecule has 0 amide bonds. The maximum atomic E-state index is 12.6. The van der Waals surface area contributed by atoms with Crippen molar-refractivity contribution in [1.82, 2.24) is 5.32 Å². The van der Waals surface area contributed by atoms with Gasteiger partial charge in [-0.15, -0.1) is 0 Å². The fourth-order valence-corrected chi connectivity index (χ4v) is 3.07. The maximum absolute atomic E-state index is 12.6. The number of benzene rings is 2. The zero-order valence-electron chi connectivity index (χ0n) is 13.2. The number of hydrogen-bond donors (Lipinski definition) is 2. The number of aryl methyl sites for hydroxylation is 1. The monoisotopic (exact) mass is 311 g/mol. The molecule has 4 heteroatoms. The Hall–Kier alpha value is -2.33. The van der Waals surface area contributed by atoms with Gasteiger partial charge in [0.25, 0.3) is 0 Å². The fraction of sp³-hybridized carbons (Fsp3) is 0.316. The van der Waals surface area contributed by atoms with Crippen LogP contribution in [-0.4, -0.2) is 24.2 Å². The molecule has 1 fully saturated rings. The number of ether oxygens (including phenoxy) is 1. The van der Waals surface area contributed by atoms with E-state index in [1.165, 1.54) is 0 Å². The molecule has 1 saturated heterocycles. The number of carbonyl (C=O) groups is 1. The summed E-state index contributed by atoms with van der Waals surface area (Å²) >= 11 is 0. The Balaban J connectivity index is 1.91. The Morgan fingerprint density at radius 3 is 2.48 bits per heavy atom. The lowest BCUT2D eigenvalue weighted by atomic mass is 9.84. The molecule has 0 atom stereocenters. The van der Waals surface area contributed by atoms with Gasteiger partial charge in [-0.2, -0.15) is 0 Å². The number of piperidine rings is 1. The van der Waals surface area contributed by atoms with Gasteiger partial charge < -0.3 is 15.2 Å². The van der Waals surface area contributed by atoms with E-state index < -0.39 is 11.6 Å². The van der Waals surface area contributed by atoms with Crippen LogP contribution >= 0.6 is 0 Å². The van der Waals surface area contributed by atoms with Crippen LogP contribution in [-0.2, 0) is 10.3 Å². The predicted octanol–water partition coefficient (Wildman–Crippen LogP) is 3.14. The van der Waals surface area contributed by atoms with E-state index in [0.29, 0.717) is 0 Å². The standard InChI is InChI=1S/C19H21NO3/c1-14-7-8-16(17(21)13-14)18(22)23-19(9-11-20-12-10-19)15-5-3-2-4-6-15/h2-8,13,20-21H,9-12H2,1H3. The molecule has 0 aliphatic carbocycles. The van der Waals surface area contributed by atoms with E-state index in [9.17, 15) is 9.90 Å². The molecule has 2 aromatic carbocycles. The molecule has 0 unspecified atom stereocenters. The summed E-state index contributed by atoms with van der Waals surface area (Å²) < 4.78 is 5.93. The van der Waals surface area contributed by atoms with Crippen LogP contribution in [0, 0.1) is 6.92 Å². The molecule has 120 valence electrons. The number of rotatable bonds is 3. The normalized spacial score (nSPS) is 16.7. The van der Waals surface area contributed by atoms with E-state index in [4.69, 9.17) is 4.74 Å². The van der Waals surface area contributed by atoms with Crippen molar-refractivity contribution in [2.24, 2.45) is 0 Å². The maximum Gasteiger partial charge on any atom is 0.342 e. The molecule has 2 N–H and O–H groups in total. The third-order valence-electron chi connectivity index (χ3n) is 4.37. The number of hydrogen-bond acceptors (Lipinski definition) is 4. The topological polar surface area (TPSA) is 58.6 Å². The first-order valence-corrected chi connectivity index (χ1v) is 7.90. The Kier molecular flexibility index (Phi) is 4.35. The van der Waals surface area contributed by atoms with E-state index in [2.05, 4.69) is 5.32 Å². The van der Waals surface area contributed by atoms with E-state index in [-0.39, 0.29) is 11.3 Å². The van der Waals surface area contributed by atoms with Gasteiger partial charge in [0.1, 0.15) is 16.9 Å². The summed E-state index contributed by atoms with van der Waals surface area (Å²) in [6.07, 6.45) is 1.44. The predicted molar refractivity (Wildman–Crippen MR) is 88.5 cm³/mol. The molecule has 0 aromatic heterocycles. The number of esters is 1. The fourth-order valence-electron chi connectivity index (χ4n) is 3.07. The van der Waals surface area contributed by atoms with Crippen LogP contribution in [0.25, 0.3) is 0 Å². The van der Waals surface area contributed by atoms with E-state index in [1.807, 2.05) is 37.3 Å². The second-order valence-electron chi connectivity index (χ2n) is 6.02. The smallest absolute Gasteiger partial charge is 0.342 e. The molecule has 0 bridgehead atoms. The lowest BCUT2D eigenvalue weighted by Gasteiger charge is -2.37. The summed E-state index contributed by atoms with van der Waals surface area (Å²) in [5, 5.41) is 13.3. The quantitative estimate of drug-likeness (QED) is 0.855. The Morgan fingerprint density at radius 1 is 1.13 bits per heavy atom. The first-order valence-electron chi connectivity index (χ1n) is 7.90. The van der Waals surface area contributed by atoms with E-state index in [0.717, 1.165) is 37.1 Å². The lowest BCUT2D eigenvalue weighted by Crippen LogP contribution is -2.43. The highest BCUT2D eigenvalue weighted by atomic mass is 16.6. The molecule has 23 heavy (non-hydrogen) atoms. The van der Waals surface area contributed by atoms with Crippen molar-refractivity contribution < 1.29 is 14.6 Å². The second kappa shape index (κ2) is 6.42. The minimum absolute atomic E-state index is 0.0350. The van der Waals surface area contributed by atoms with Crippen molar-refractivity contribution in [2.75, 3.05) is 13.1 Å². The largest absolute Gasteiger partial charge is 0.507 e. The first-order chi connectivity index (χ1) is 11.1. The minimum Gasteiger partial charge on any atom is -0.507 e. The number of phenolic OH excluding ortho intramolecular Hbond substituents is 1. The van der Waals surface area contributed by atoms with Gasteiger partial charge in [-0.1, -0.05) is 36.4 Å². The number of nitrogens with one attached hydrogen (secondary N) is 1. The molecule has 1 heterocycles. The first kappa shape index (κ1) is 15.6. The molecular formula is C19H21NO3. The highest BCUT2D eigenvalue weighted by molar-refractivity contribution is 5.92. The van der Waals surface area contributed by atoms with Crippen molar-refractivity contribution in [2.45, 2.75) is 25.4 Å². The number of phenols is 1. The van der Waals surface area contributed by atoms with Crippen molar-refractivity contribution in [1.29, 1.82) is 0 Å². The summed E-state index contributed by atoms with van der Waals surface area (Å²) in [5.74, 6) is -0.514. The van der Waals surface area contributed by atoms with Gasteiger partial charge in [0.05, 0.1) is 0 Å². The molecule has 0 radical (unpaired) electrons. The summed E-state index contributed by atoms with van der Waals surface area (Å²) in [6, 6.07) is 14.8. The molecule has 1 aliphatic heterocycles. The van der Waals surface area contributed by atoms with Crippen LogP contribution in [0.15, 0.2) is 48.5 Å².